The van der Waals surface area contributed by atoms with Crippen molar-refractivity contribution in [3.05, 3.63) is 93.5 Å². The number of ether oxygens (including phenoxy) is 3. The molecule has 2 aliphatic heterocycles. The van der Waals surface area contributed by atoms with E-state index >= 15 is 0 Å². The van der Waals surface area contributed by atoms with Crippen LogP contribution in [0.4, 0.5) is 11.4 Å². The van der Waals surface area contributed by atoms with E-state index in [0.29, 0.717) is 17.2 Å². The Morgan fingerprint density at radius 3 is 2.57 bits per heavy atom. The zero-order chi connectivity index (χ0) is 24.5. The number of nitrogens with zero attached hydrogens (tertiary/aromatic N) is 2. The maximum atomic E-state index is 12.9. The molecule has 11 heteroatoms. The highest BCUT2D eigenvalue weighted by Crippen LogP contribution is 2.36. The Morgan fingerprint density at radius 2 is 1.80 bits per heavy atom. The van der Waals surface area contributed by atoms with Crippen LogP contribution >= 0.6 is 0 Å². The van der Waals surface area contributed by atoms with Crippen LogP contribution in [0, 0.1) is 10.1 Å². The lowest BCUT2D eigenvalue weighted by Gasteiger charge is -2.14. The summed E-state index contributed by atoms with van der Waals surface area (Å²) in [6.07, 6.45) is 1.15. The van der Waals surface area contributed by atoms with Gasteiger partial charge in [0.25, 0.3) is 11.8 Å². The third kappa shape index (κ3) is 4.02. The summed E-state index contributed by atoms with van der Waals surface area (Å²) in [4.78, 5) is 49.2. The largest absolute Gasteiger partial charge is 0.454 e. The van der Waals surface area contributed by atoms with E-state index in [1.54, 1.807) is 30.3 Å². The number of hydrazine groups is 1. The number of nitrogens with one attached hydrogen (secondary N) is 1. The van der Waals surface area contributed by atoms with Crippen LogP contribution in [0.3, 0.4) is 0 Å². The van der Waals surface area contributed by atoms with Crippen LogP contribution in [-0.4, -0.2) is 29.5 Å². The van der Waals surface area contributed by atoms with Gasteiger partial charge in [0.05, 0.1) is 16.2 Å². The maximum absolute atomic E-state index is 12.9. The molecule has 174 valence electrons. The van der Waals surface area contributed by atoms with E-state index in [0.717, 1.165) is 17.2 Å². The number of benzene rings is 3. The number of hydrogen-bond acceptors (Lipinski definition) is 8. The first-order valence-electron chi connectivity index (χ1n) is 10.2. The number of carbonyl (C=O) groups is 3. The second-order valence-electron chi connectivity index (χ2n) is 7.39. The first kappa shape index (κ1) is 21.6. The third-order valence-electron chi connectivity index (χ3n) is 5.23. The summed E-state index contributed by atoms with van der Waals surface area (Å²) in [5.74, 6) is -1.90. The monoisotopic (exact) mass is 473 g/mol. The molecule has 35 heavy (non-hydrogen) atoms. The van der Waals surface area contributed by atoms with Gasteiger partial charge in [-0.3, -0.25) is 25.1 Å². The lowest BCUT2D eigenvalue weighted by molar-refractivity contribution is -0.385. The number of amides is 2. The normalized spacial score (nSPS) is 15.3. The van der Waals surface area contributed by atoms with Gasteiger partial charge in [-0.2, -0.15) is 0 Å². The van der Waals surface area contributed by atoms with E-state index in [1.807, 2.05) is 0 Å². The zero-order valence-electron chi connectivity index (χ0n) is 17.8. The summed E-state index contributed by atoms with van der Waals surface area (Å²) in [5.41, 5.74) is 2.15. The Hall–Kier alpha value is -5.19. The average molecular weight is 473 g/mol. The van der Waals surface area contributed by atoms with Gasteiger partial charge in [-0.05, 0) is 36.4 Å². The molecule has 0 radical (unpaired) electrons. The van der Waals surface area contributed by atoms with E-state index in [9.17, 15) is 24.5 Å². The summed E-state index contributed by atoms with van der Waals surface area (Å²) in [7, 11) is 0. The van der Waals surface area contributed by atoms with Crippen LogP contribution in [-0.2, 0) is 9.59 Å². The smallest absolute Gasteiger partial charge is 0.343 e. The van der Waals surface area contributed by atoms with E-state index in [1.165, 1.54) is 30.3 Å². The standard InChI is InChI=1S/C24H15N3O8/c28-22-17(23(29)26(25-22)16-6-2-1-3-7-16)11-14-5-4-8-18(27(31)32)21(14)35-24(30)15-9-10-19-20(12-15)34-13-33-19/h1-12H,13H2,(H,25,28). The van der Waals surface area contributed by atoms with Crippen molar-refractivity contribution in [2.75, 3.05) is 11.8 Å². The fourth-order valence-electron chi connectivity index (χ4n) is 3.56. The molecule has 0 aliphatic carbocycles. The number of rotatable bonds is 5. The highest BCUT2D eigenvalue weighted by molar-refractivity contribution is 6.31. The Balaban J connectivity index is 1.50. The van der Waals surface area contributed by atoms with Crippen molar-refractivity contribution in [2.45, 2.75) is 0 Å². The number of nitro groups is 1. The predicted molar refractivity (Wildman–Crippen MR) is 121 cm³/mol. The van der Waals surface area contributed by atoms with E-state index in [4.69, 9.17) is 14.2 Å². The molecule has 0 aromatic heterocycles. The van der Waals surface area contributed by atoms with Crippen molar-refractivity contribution in [1.82, 2.24) is 5.43 Å². The summed E-state index contributed by atoms with van der Waals surface area (Å²) in [6.45, 7) is 0.00576. The van der Waals surface area contributed by atoms with E-state index in [2.05, 4.69) is 5.43 Å². The van der Waals surface area contributed by atoms with Crippen LogP contribution in [0.15, 0.2) is 72.3 Å². The maximum Gasteiger partial charge on any atom is 0.343 e. The van der Waals surface area contributed by atoms with Crippen molar-refractivity contribution < 1.29 is 33.5 Å². The number of nitro benzene ring substituents is 1. The molecule has 0 saturated carbocycles. The number of esters is 1. The van der Waals surface area contributed by atoms with Gasteiger partial charge in [-0.1, -0.05) is 30.3 Å². The van der Waals surface area contributed by atoms with Crippen molar-refractivity contribution >= 4 is 35.2 Å². The summed E-state index contributed by atoms with van der Waals surface area (Å²) in [6, 6.07) is 16.7. The Labute approximate surface area is 197 Å². The Morgan fingerprint density at radius 1 is 1.03 bits per heavy atom. The zero-order valence-corrected chi connectivity index (χ0v) is 17.8. The minimum Gasteiger partial charge on any atom is -0.454 e. The van der Waals surface area contributed by atoms with Gasteiger partial charge in [0, 0.05) is 11.6 Å². The molecule has 2 amide bonds. The second-order valence-corrected chi connectivity index (χ2v) is 7.39. The molecule has 2 aliphatic rings. The molecule has 1 saturated heterocycles. The van der Waals surface area contributed by atoms with Crippen LogP contribution in [0.25, 0.3) is 6.08 Å². The van der Waals surface area contributed by atoms with Gasteiger partial charge in [0.15, 0.2) is 11.5 Å². The first-order valence-corrected chi connectivity index (χ1v) is 10.2. The molecule has 0 spiro atoms. The van der Waals surface area contributed by atoms with Gasteiger partial charge in [0.2, 0.25) is 12.5 Å². The number of anilines is 1. The second kappa shape index (κ2) is 8.63. The number of carbonyl (C=O) groups excluding carboxylic acids is 3. The van der Waals surface area contributed by atoms with Gasteiger partial charge in [-0.25, -0.2) is 9.80 Å². The number of hydrogen-bond donors (Lipinski definition) is 1. The average Bonchev–Trinajstić information content (AvgIpc) is 3.44. The lowest BCUT2D eigenvalue weighted by atomic mass is 10.1. The van der Waals surface area contributed by atoms with Gasteiger partial charge in [0.1, 0.15) is 5.57 Å². The summed E-state index contributed by atoms with van der Waals surface area (Å²) >= 11 is 0. The SMILES string of the molecule is O=C1NN(c2ccccc2)C(=O)C1=Cc1cccc([N+](=O)[O-])c1OC(=O)c1ccc2c(c1)OCO2. The van der Waals surface area contributed by atoms with Crippen molar-refractivity contribution in [1.29, 1.82) is 0 Å². The fourth-order valence-corrected chi connectivity index (χ4v) is 3.56. The van der Waals surface area contributed by atoms with Crippen LogP contribution < -0.4 is 24.6 Å². The van der Waals surface area contributed by atoms with E-state index < -0.39 is 34.1 Å². The number of para-hydroxylation sites is 2. The quantitative estimate of drug-likeness (QED) is 0.149. The summed E-state index contributed by atoms with van der Waals surface area (Å²) < 4.78 is 15.9. The molecular formula is C24H15N3O8. The number of fused-ring (bicyclic) bond motifs is 1. The van der Waals surface area contributed by atoms with Crippen LogP contribution in [0.5, 0.6) is 17.2 Å². The van der Waals surface area contributed by atoms with E-state index in [-0.39, 0.29) is 23.5 Å². The molecule has 2 heterocycles. The molecule has 0 unspecified atom stereocenters. The van der Waals surface area contributed by atoms with Crippen molar-refractivity contribution in [3.63, 3.8) is 0 Å². The van der Waals surface area contributed by atoms with Crippen LogP contribution in [0.1, 0.15) is 15.9 Å². The molecule has 0 atom stereocenters. The fraction of sp³-hybridized carbons (Fsp3) is 0.0417. The van der Waals surface area contributed by atoms with Gasteiger partial charge < -0.3 is 14.2 Å². The van der Waals surface area contributed by atoms with Crippen LogP contribution in [0.2, 0.25) is 0 Å². The topological polar surface area (TPSA) is 137 Å². The Kier molecular flexibility index (Phi) is 5.34. The molecule has 3 aromatic carbocycles. The van der Waals surface area contributed by atoms with Gasteiger partial charge in [-0.15, -0.1) is 0 Å². The molecule has 0 bridgehead atoms. The lowest BCUT2D eigenvalue weighted by Crippen LogP contribution is -2.35. The minimum absolute atomic E-state index is 0.00158. The Bertz CT molecular complexity index is 1420. The molecule has 1 N–H and O–H groups in total. The van der Waals surface area contributed by atoms with Crippen molar-refractivity contribution in [2.24, 2.45) is 0 Å². The molecule has 11 nitrogen and oxygen atoms in total. The molecule has 3 aromatic rings. The molecule has 5 rings (SSSR count). The summed E-state index contributed by atoms with van der Waals surface area (Å²) in [5, 5.41) is 12.7. The highest BCUT2D eigenvalue weighted by atomic mass is 16.7. The molecular weight excluding hydrogens is 458 g/mol. The van der Waals surface area contributed by atoms with Gasteiger partial charge >= 0.3 is 11.7 Å². The third-order valence-corrected chi connectivity index (χ3v) is 5.23. The minimum atomic E-state index is -0.898. The van der Waals surface area contributed by atoms with Crippen molar-refractivity contribution in [3.8, 4) is 17.2 Å². The molecule has 1 fully saturated rings. The predicted octanol–water partition coefficient (Wildman–Crippen LogP) is 3.00. The highest BCUT2D eigenvalue weighted by Gasteiger charge is 2.35. The first-order chi connectivity index (χ1) is 16.9.